The van der Waals surface area contributed by atoms with Gasteiger partial charge in [0.25, 0.3) is 0 Å². The maximum Gasteiger partial charge on any atom is 0.338 e. The van der Waals surface area contributed by atoms with Crippen LogP contribution < -0.4 is 0 Å². The molecule has 0 amide bonds. The van der Waals surface area contributed by atoms with Gasteiger partial charge in [0, 0.05) is 16.9 Å². The summed E-state index contributed by atoms with van der Waals surface area (Å²) in [6.45, 7) is 2.08. The highest BCUT2D eigenvalue weighted by Crippen LogP contribution is 2.17. The highest BCUT2D eigenvalue weighted by atomic mass is 32.2. The monoisotopic (exact) mass is 328 g/mol. The second-order valence-corrected chi connectivity index (χ2v) is 5.95. The fourth-order valence-electron chi connectivity index (χ4n) is 2.23. The molecule has 2 rings (SSSR count). The average Bonchev–Trinajstić information content (AvgIpc) is 2.60. The number of carbonyl (C=O) groups is 2. The zero-order valence-corrected chi connectivity index (χ0v) is 14.2. The van der Waals surface area contributed by atoms with Crippen LogP contribution in [0, 0.1) is 0 Å². The number of benzene rings is 2. The van der Waals surface area contributed by atoms with Crippen LogP contribution >= 0.6 is 11.8 Å². The van der Waals surface area contributed by atoms with Crippen LogP contribution in [0.1, 0.15) is 39.6 Å². The van der Waals surface area contributed by atoms with Gasteiger partial charge in [-0.2, -0.15) is 0 Å². The van der Waals surface area contributed by atoms with Crippen molar-refractivity contribution in [1.82, 2.24) is 0 Å². The first-order valence-electron chi connectivity index (χ1n) is 7.57. The van der Waals surface area contributed by atoms with Gasteiger partial charge in [-0.1, -0.05) is 24.3 Å². The van der Waals surface area contributed by atoms with Gasteiger partial charge in [0.05, 0.1) is 12.2 Å². The normalized spacial score (nSPS) is 10.3. The predicted molar refractivity (Wildman–Crippen MR) is 93.3 cm³/mol. The second kappa shape index (κ2) is 8.53. The average molecular weight is 328 g/mol. The van der Waals surface area contributed by atoms with Gasteiger partial charge < -0.3 is 4.74 Å². The van der Waals surface area contributed by atoms with Gasteiger partial charge in [-0.3, -0.25) is 4.79 Å². The number of hydrogen-bond acceptors (Lipinski definition) is 4. The maximum atomic E-state index is 12.3. The summed E-state index contributed by atoms with van der Waals surface area (Å²) in [5.41, 5.74) is 2.11. The van der Waals surface area contributed by atoms with Crippen LogP contribution in [0.15, 0.2) is 53.4 Å². The fourth-order valence-corrected chi connectivity index (χ4v) is 2.64. The standard InChI is InChI=1S/C19H20O3S/c1-3-22-19(21)16-6-4-5-15(13-16)18(20)12-9-14-7-10-17(23-2)11-8-14/h4-8,10-11,13H,3,9,12H2,1-2H3. The molecule has 0 unspecified atom stereocenters. The number of esters is 1. The lowest BCUT2D eigenvalue weighted by molar-refractivity contribution is 0.0526. The second-order valence-electron chi connectivity index (χ2n) is 5.07. The van der Waals surface area contributed by atoms with E-state index in [0.717, 1.165) is 5.56 Å². The molecule has 0 aliphatic heterocycles. The lowest BCUT2D eigenvalue weighted by Crippen LogP contribution is -2.07. The number of carbonyl (C=O) groups excluding carboxylic acids is 2. The minimum absolute atomic E-state index is 0.0325. The Kier molecular flexibility index (Phi) is 6.41. The molecule has 2 aromatic carbocycles. The molecule has 0 N–H and O–H groups in total. The Morgan fingerprint density at radius 1 is 1.04 bits per heavy atom. The van der Waals surface area contributed by atoms with E-state index in [1.165, 1.54) is 4.90 Å². The zero-order valence-electron chi connectivity index (χ0n) is 13.4. The summed E-state index contributed by atoms with van der Waals surface area (Å²) in [4.78, 5) is 25.3. The van der Waals surface area contributed by atoms with Crippen molar-refractivity contribution in [3.63, 3.8) is 0 Å². The summed E-state index contributed by atoms with van der Waals surface area (Å²) in [5, 5.41) is 0. The highest BCUT2D eigenvalue weighted by molar-refractivity contribution is 7.98. The van der Waals surface area contributed by atoms with Crippen molar-refractivity contribution in [2.75, 3.05) is 12.9 Å². The van der Waals surface area contributed by atoms with Gasteiger partial charge in [0.1, 0.15) is 0 Å². The van der Waals surface area contributed by atoms with E-state index in [0.29, 0.717) is 30.6 Å². The van der Waals surface area contributed by atoms with Crippen molar-refractivity contribution >= 4 is 23.5 Å². The van der Waals surface area contributed by atoms with Gasteiger partial charge in [-0.05, 0) is 49.4 Å². The Morgan fingerprint density at radius 3 is 2.39 bits per heavy atom. The molecule has 4 heteroatoms. The number of ketones is 1. The van der Waals surface area contributed by atoms with Crippen LogP contribution in [0.25, 0.3) is 0 Å². The summed E-state index contributed by atoms with van der Waals surface area (Å²) in [5.74, 6) is -0.361. The molecule has 0 saturated carbocycles. The molecule has 2 aromatic rings. The number of ether oxygens (including phenoxy) is 1. The van der Waals surface area contributed by atoms with Crippen molar-refractivity contribution in [3.8, 4) is 0 Å². The highest BCUT2D eigenvalue weighted by Gasteiger charge is 2.11. The van der Waals surface area contributed by atoms with Crippen molar-refractivity contribution in [3.05, 3.63) is 65.2 Å². The minimum atomic E-state index is -0.394. The summed E-state index contributed by atoms with van der Waals surface area (Å²) < 4.78 is 4.96. The van der Waals surface area contributed by atoms with Crippen molar-refractivity contribution < 1.29 is 14.3 Å². The van der Waals surface area contributed by atoms with E-state index >= 15 is 0 Å². The molecule has 0 radical (unpaired) electrons. The first-order valence-corrected chi connectivity index (χ1v) is 8.80. The van der Waals surface area contributed by atoms with Crippen molar-refractivity contribution in [2.45, 2.75) is 24.7 Å². The molecule has 3 nitrogen and oxygen atoms in total. The third kappa shape index (κ3) is 4.96. The minimum Gasteiger partial charge on any atom is -0.462 e. The lowest BCUT2D eigenvalue weighted by Gasteiger charge is -2.05. The molecular weight excluding hydrogens is 308 g/mol. The van der Waals surface area contributed by atoms with Crippen LogP contribution in [-0.2, 0) is 11.2 Å². The topological polar surface area (TPSA) is 43.4 Å². The van der Waals surface area contributed by atoms with Gasteiger partial charge >= 0.3 is 5.97 Å². The molecular formula is C19H20O3S. The number of thioether (sulfide) groups is 1. The molecule has 120 valence electrons. The number of aryl methyl sites for hydroxylation is 1. The summed E-state index contributed by atoms with van der Waals surface area (Å²) in [7, 11) is 0. The first-order chi connectivity index (χ1) is 11.1. The fraction of sp³-hybridized carbons (Fsp3) is 0.263. The lowest BCUT2D eigenvalue weighted by atomic mass is 10.0. The summed E-state index contributed by atoms with van der Waals surface area (Å²) in [6.07, 6.45) is 3.15. The first kappa shape index (κ1) is 17.3. The smallest absolute Gasteiger partial charge is 0.338 e. The van der Waals surface area contributed by atoms with E-state index in [1.807, 2.05) is 18.4 Å². The molecule has 0 saturated heterocycles. The van der Waals surface area contributed by atoms with Gasteiger partial charge in [-0.15, -0.1) is 11.8 Å². The zero-order chi connectivity index (χ0) is 16.7. The molecule has 0 spiro atoms. The molecule has 0 fully saturated rings. The Balaban J connectivity index is 1.99. The predicted octanol–water partition coefficient (Wildman–Crippen LogP) is 4.40. The van der Waals surface area contributed by atoms with Crippen LogP contribution in [0.2, 0.25) is 0 Å². The van der Waals surface area contributed by atoms with Crippen LogP contribution in [0.5, 0.6) is 0 Å². The van der Waals surface area contributed by atoms with E-state index in [9.17, 15) is 9.59 Å². The quantitative estimate of drug-likeness (QED) is 0.429. The summed E-state index contributed by atoms with van der Waals surface area (Å²) >= 11 is 1.70. The molecule has 0 heterocycles. The SMILES string of the molecule is CCOC(=O)c1cccc(C(=O)CCc2ccc(SC)cc2)c1. The van der Waals surface area contributed by atoms with Crippen molar-refractivity contribution in [1.29, 1.82) is 0 Å². The number of hydrogen-bond donors (Lipinski definition) is 0. The Morgan fingerprint density at radius 2 is 1.74 bits per heavy atom. The largest absolute Gasteiger partial charge is 0.462 e. The van der Waals surface area contributed by atoms with E-state index in [2.05, 4.69) is 12.1 Å². The molecule has 0 atom stereocenters. The third-order valence-electron chi connectivity index (χ3n) is 3.50. The van der Waals surface area contributed by atoms with E-state index in [1.54, 1.807) is 43.0 Å². The molecule has 0 aliphatic carbocycles. The van der Waals surface area contributed by atoms with Crippen LogP contribution in [0.3, 0.4) is 0 Å². The molecule has 0 aromatic heterocycles. The Bertz CT molecular complexity index is 677. The molecule has 23 heavy (non-hydrogen) atoms. The van der Waals surface area contributed by atoms with Gasteiger partial charge in [0.2, 0.25) is 0 Å². The van der Waals surface area contributed by atoms with Crippen LogP contribution in [0.4, 0.5) is 0 Å². The molecule has 0 aliphatic rings. The Labute approximate surface area is 141 Å². The van der Waals surface area contributed by atoms with E-state index < -0.39 is 5.97 Å². The van der Waals surface area contributed by atoms with Gasteiger partial charge in [-0.25, -0.2) is 4.79 Å². The van der Waals surface area contributed by atoms with E-state index in [-0.39, 0.29) is 5.78 Å². The Hall–Kier alpha value is -2.07. The van der Waals surface area contributed by atoms with E-state index in [4.69, 9.17) is 4.74 Å². The number of rotatable bonds is 7. The number of Topliss-reactive ketones (excluding diaryl/α,β-unsaturated/α-hetero) is 1. The molecule has 0 bridgehead atoms. The third-order valence-corrected chi connectivity index (χ3v) is 4.24. The maximum absolute atomic E-state index is 12.3. The summed E-state index contributed by atoms with van der Waals surface area (Å²) in [6, 6.07) is 14.9. The van der Waals surface area contributed by atoms with Crippen LogP contribution in [-0.4, -0.2) is 24.6 Å². The van der Waals surface area contributed by atoms with Crippen molar-refractivity contribution in [2.24, 2.45) is 0 Å². The van der Waals surface area contributed by atoms with Gasteiger partial charge in [0.15, 0.2) is 5.78 Å².